The van der Waals surface area contributed by atoms with E-state index in [-0.39, 0.29) is 11.6 Å². The predicted molar refractivity (Wildman–Crippen MR) is 59.2 cm³/mol. The van der Waals surface area contributed by atoms with E-state index in [4.69, 9.17) is 0 Å². The molecule has 1 aliphatic rings. The summed E-state index contributed by atoms with van der Waals surface area (Å²) in [4.78, 5) is 8.31. The third-order valence-corrected chi connectivity index (χ3v) is 3.15. The Morgan fingerprint density at radius 2 is 2.00 bits per heavy atom. The molecule has 0 amide bonds. The Balaban J connectivity index is 2.04. The van der Waals surface area contributed by atoms with Crippen molar-refractivity contribution >= 4 is 0 Å². The molecule has 0 radical (unpaired) electrons. The van der Waals surface area contributed by atoms with Crippen LogP contribution in [0.15, 0.2) is 0 Å². The Kier molecular flexibility index (Phi) is 2.61. The average molecular weight is 270 g/mol. The molecule has 3 heterocycles. The Morgan fingerprint density at radius 1 is 1.26 bits per heavy atom. The minimum absolute atomic E-state index is 0.136. The molecule has 0 fully saturated rings. The van der Waals surface area contributed by atoms with Crippen LogP contribution >= 0.6 is 0 Å². The number of hydrogen-bond acceptors (Lipinski definition) is 5. The van der Waals surface area contributed by atoms with E-state index in [2.05, 4.69) is 15.1 Å². The number of nitrogens with zero attached hydrogens (tertiary/aromatic N) is 6. The maximum atomic E-state index is 12.7. The lowest BCUT2D eigenvalue weighted by Gasteiger charge is -2.05. The van der Waals surface area contributed by atoms with Gasteiger partial charge in [-0.3, -0.25) is 0 Å². The SMILES string of the molecule is Cc1nc(-c2nc3c(n2C)CN(O)C3)nn1C(F)F. The maximum Gasteiger partial charge on any atom is 0.334 e. The first-order valence-electron chi connectivity index (χ1n) is 5.67. The van der Waals surface area contributed by atoms with Crippen LogP contribution in [0.2, 0.25) is 0 Å². The quantitative estimate of drug-likeness (QED) is 0.884. The topological polar surface area (TPSA) is 72.0 Å². The van der Waals surface area contributed by atoms with E-state index in [0.29, 0.717) is 29.3 Å². The van der Waals surface area contributed by atoms with Crippen molar-refractivity contribution < 1.29 is 14.0 Å². The number of hydrogen-bond donors (Lipinski definition) is 1. The van der Waals surface area contributed by atoms with Gasteiger partial charge in [0, 0.05) is 7.05 Å². The van der Waals surface area contributed by atoms with Crippen LogP contribution in [-0.4, -0.2) is 34.6 Å². The highest BCUT2D eigenvalue weighted by atomic mass is 19.3. The van der Waals surface area contributed by atoms with Crippen molar-refractivity contribution in [2.45, 2.75) is 26.6 Å². The monoisotopic (exact) mass is 270 g/mol. The molecule has 0 atom stereocenters. The number of rotatable bonds is 2. The summed E-state index contributed by atoms with van der Waals surface area (Å²) in [7, 11) is 1.75. The van der Waals surface area contributed by atoms with Crippen LogP contribution in [0.25, 0.3) is 11.6 Å². The highest BCUT2D eigenvalue weighted by Gasteiger charge is 2.27. The van der Waals surface area contributed by atoms with Crippen molar-refractivity contribution in [1.82, 2.24) is 29.4 Å². The standard InChI is InChI=1S/C10H12F2N6O/c1-5-13-8(15-18(5)10(11)12)9-14-6-3-17(19)4-7(6)16(9)2/h10,19H,3-4H2,1-2H3. The summed E-state index contributed by atoms with van der Waals surface area (Å²) < 4.78 is 27.6. The van der Waals surface area contributed by atoms with E-state index >= 15 is 0 Å². The summed E-state index contributed by atoms with van der Waals surface area (Å²) in [6.07, 6.45) is 0. The van der Waals surface area contributed by atoms with Gasteiger partial charge in [-0.05, 0) is 6.92 Å². The molecule has 0 aliphatic carbocycles. The summed E-state index contributed by atoms with van der Waals surface area (Å²) in [5, 5.41) is 14.3. The molecule has 0 spiro atoms. The molecular formula is C10H12F2N6O. The zero-order chi connectivity index (χ0) is 13.7. The predicted octanol–water partition coefficient (Wildman–Crippen LogP) is 1.09. The second kappa shape index (κ2) is 4.07. The molecule has 2 aromatic heterocycles. The first-order chi connectivity index (χ1) is 8.97. The van der Waals surface area contributed by atoms with Crippen molar-refractivity contribution in [1.29, 1.82) is 0 Å². The fraction of sp³-hybridized carbons (Fsp3) is 0.500. The first kappa shape index (κ1) is 12.2. The smallest absolute Gasteiger partial charge is 0.327 e. The van der Waals surface area contributed by atoms with Crippen LogP contribution in [0.3, 0.4) is 0 Å². The molecule has 3 rings (SSSR count). The molecule has 19 heavy (non-hydrogen) atoms. The summed E-state index contributed by atoms with van der Waals surface area (Å²) in [5.41, 5.74) is 1.55. The molecule has 1 aliphatic heterocycles. The van der Waals surface area contributed by atoms with Crippen LogP contribution in [-0.2, 0) is 20.1 Å². The molecule has 9 heteroatoms. The molecule has 0 bridgehead atoms. The minimum Gasteiger partial charge on any atom is -0.327 e. The zero-order valence-electron chi connectivity index (χ0n) is 10.4. The van der Waals surface area contributed by atoms with Gasteiger partial charge in [0.05, 0.1) is 24.5 Å². The number of fused-ring (bicyclic) bond motifs is 1. The number of aryl methyl sites for hydroxylation is 1. The van der Waals surface area contributed by atoms with Gasteiger partial charge in [0.25, 0.3) is 0 Å². The third-order valence-electron chi connectivity index (χ3n) is 3.15. The molecule has 0 saturated carbocycles. The minimum atomic E-state index is -2.72. The van der Waals surface area contributed by atoms with Crippen LogP contribution in [0.1, 0.15) is 23.8 Å². The average Bonchev–Trinajstić information content (AvgIpc) is 2.94. The van der Waals surface area contributed by atoms with Crippen molar-refractivity contribution in [2.24, 2.45) is 7.05 Å². The summed E-state index contributed by atoms with van der Waals surface area (Å²) in [5.74, 6) is 0.733. The van der Waals surface area contributed by atoms with Gasteiger partial charge in [0.2, 0.25) is 5.82 Å². The van der Waals surface area contributed by atoms with Gasteiger partial charge >= 0.3 is 6.55 Å². The van der Waals surface area contributed by atoms with Crippen molar-refractivity contribution in [3.05, 3.63) is 17.2 Å². The van der Waals surface area contributed by atoms with Crippen LogP contribution in [0, 0.1) is 6.92 Å². The fourth-order valence-corrected chi connectivity index (χ4v) is 2.20. The second-order valence-electron chi connectivity index (χ2n) is 4.42. The van der Waals surface area contributed by atoms with Gasteiger partial charge in [-0.1, -0.05) is 0 Å². The van der Waals surface area contributed by atoms with Gasteiger partial charge in [0.1, 0.15) is 5.82 Å². The lowest BCUT2D eigenvalue weighted by molar-refractivity contribution is -0.0984. The van der Waals surface area contributed by atoms with Crippen molar-refractivity contribution in [2.75, 3.05) is 0 Å². The van der Waals surface area contributed by atoms with Gasteiger partial charge in [-0.15, -0.1) is 5.10 Å². The normalized spacial score (nSPS) is 15.5. The Bertz CT molecular complexity index is 634. The Hall–Kier alpha value is -1.87. The van der Waals surface area contributed by atoms with E-state index in [1.165, 1.54) is 6.92 Å². The molecular weight excluding hydrogens is 258 g/mol. The van der Waals surface area contributed by atoms with Crippen LogP contribution in [0.4, 0.5) is 8.78 Å². The van der Waals surface area contributed by atoms with Gasteiger partial charge in [-0.25, -0.2) is 9.97 Å². The van der Waals surface area contributed by atoms with E-state index in [1.54, 1.807) is 11.6 Å². The number of aromatic nitrogens is 5. The second-order valence-corrected chi connectivity index (χ2v) is 4.42. The summed E-state index contributed by atoms with van der Waals surface area (Å²) >= 11 is 0. The third kappa shape index (κ3) is 1.81. The number of alkyl halides is 2. The molecule has 102 valence electrons. The molecule has 0 unspecified atom stereocenters. The summed E-state index contributed by atoms with van der Waals surface area (Å²) in [6.45, 7) is -0.582. The number of halogens is 2. The number of imidazole rings is 1. The van der Waals surface area contributed by atoms with E-state index < -0.39 is 6.55 Å². The molecule has 0 saturated heterocycles. The lowest BCUT2D eigenvalue weighted by Crippen LogP contribution is -2.12. The van der Waals surface area contributed by atoms with Crippen molar-refractivity contribution in [3.8, 4) is 11.6 Å². The maximum absolute atomic E-state index is 12.7. The highest BCUT2D eigenvalue weighted by molar-refractivity contribution is 5.47. The van der Waals surface area contributed by atoms with Gasteiger partial charge in [0.15, 0.2) is 5.82 Å². The molecule has 0 aromatic carbocycles. The van der Waals surface area contributed by atoms with Crippen LogP contribution < -0.4 is 0 Å². The van der Waals surface area contributed by atoms with E-state index in [9.17, 15) is 14.0 Å². The Labute approximate surface area is 107 Å². The fourth-order valence-electron chi connectivity index (χ4n) is 2.20. The first-order valence-corrected chi connectivity index (χ1v) is 5.67. The molecule has 7 nitrogen and oxygen atoms in total. The van der Waals surface area contributed by atoms with Gasteiger partial charge < -0.3 is 9.77 Å². The molecule has 2 aromatic rings. The number of hydroxylamine groups is 2. The zero-order valence-corrected chi connectivity index (χ0v) is 10.4. The van der Waals surface area contributed by atoms with E-state index in [1.807, 2.05) is 0 Å². The molecule has 1 N–H and O–H groups in total. The largest absolute Gasteiger partial charge is 0.334 e. The van der Waals surface area contributed by atoms with Crippen LogP contribution in [0.5, 0.6) is 0 Å². The highest BCUT2D eigenvalue weighted by Crippen LogP contribution is 2.26. The summed E-state index contributed by atoms with van der Waals surface area (Å²) in [6, 6.07) is 0. The van der Waals surface area contributed by atoms with Crippen molar-refractivity contribution in [3.63, 3.8) is 0 Å². The van der Waals surface area contributed by atoms with Gasteiger partial charge in [-0.2, -0.15) is 18.5 Å². The Morgan fingerprint density at radius 3 is 2.58 bits per heavy atom. The van der Waals surface area contributed by atoms with E-state index in [0.717, 1.165) is 10.8 Å². The lowest BCUT2D eigenvalue weighted by atomic mass is 10.4.